The Morgan fingerprint density at radius 3 is 2.51 bits per heavy atom. The van der Waals surface area contributed by atoms with Crippen LogP contribution in [-0.2, 0) is 4.79 Å². The number of thiocarbonyl (C=S) groups is 1. The van der Waals surface area contributed by atoms with Crippen molar-refractivity contribution < 1.29 is 9.53 Å². The number of thioether (sulfide) groups is 1. The maximum atomic E-state index is 13.3. The number of ether oxygens (including phenoxy) is 1. The quantitative estimate of drug-likeness (QED) is 0.135. The Hall–Kier alpha value is -2.90. The van der Waals surface area contributed by atoms with E-state index in [-0.39, 0.29) is 5.91 Å². The van der Waals surface area contributed by atoms with Gasteiger partial charge in [-0.2, -0.15) is 5.10 Å². The molecule has 0 N–H and O–H groups in total. The molecule has 1 aliphatic heterocycles. The second-order valence-electron chi connectivity index (χ2n) is 9.22. The summed E-state index contributed by atoms with van der Waals surface area (Å²) >= 11 is 6.97. The summed E-state index contributed by atoms with van der Waals surface area (Å²) in [6.07, 6.45) is 11.0. The maximum Gasteiger partial charge on any atom is 0.266 e. The van der Waals surface area contributed by atoms with E-state index in [1.807, 2.05) is 72.4 Å². The van der Waals surface area contributed by atoms with Crippen molar-refractivity contribution in [1.82, 2.24) is 14.7 Å². The molecule has 0 aliphatic carbocycles. The Bertz CT molecular complexity index is 1270. The molecule has 1 aliphatic rings. The number of rotatable bonds is 12. The lowest BCUT2D eigenvalue weighted by Crippen LogP contribution is -2.29. The summed E-state index contributed by atoms with van der Waals surface area (Å²) in [6.45, 7) is 7.56. The normalized spacial score (nSPS) is 14.7. The van der Waals surface area contributed by atoms with E-state index in [1.165, 1.54) is 37.4 Å². The molecule has 2 heterocycles. The van der Waals surface area contributed by atoms with Crippen molar-refractivity contribution in [3.63, 3.8) is 0 Å². The molecule has 5 nitrogen and oxygen atoms in total. The van der Waals surface area contributed by atoms with Crippen molar-refractivity contribution in [3.05, 3.63) is 70.8 Å². The molecule has 3 aromatic rings. The molecule has 0 radical (unpaired) electrons. The summed E-state index contributed by atoms with van der Waals surface area (Å²) in [5.41, 5.74) is 4.74. The number of benzene rings is 2. The first-order chi connectivity index (χ1) is 18.0. The minimum absolute atomic E-state index is 0.00890. The van der Waals surface area contributed by atoms with Crippen molar-refractivity contribution in [1.29, 1.82) is 0 Å². The second-order valence-corrected chi connectivity index (χ2v) is 10.9. The van der Waals surface area contributed by atoms with E-state index >= 15 is 0 Å². The summed E-state index contributed by atoms with van der Waals surface area (Å²) in [5.74, 6) is 0.828. The predicted octanol–water partition coefficient (Wildman–Crippen LogP) is 7.81. The van der Waals surface area contributed by atoms with Gasteiger partial charge in [-0.1, -0.05) is 81.2 Å². The molecule has 1 amide bonds. The van der Waals surface area contributed by atoms with Crippen LogP contribution in [0.5, 0.6) is 5.75 Å². The van der Waals surface area contributed by atoms with Gasteiger partial charge in [0, 0.05) is 23.9 Å². The van der Waals surface area contributed by atoms with Crippen LogP contribution in [0.3, 0.4) is 0 Å². The Morgan fingerprint density at radius 1 is 1.03 bits per heavy atom. The molecule has 1 saturated heterocycles. The zero-order chi connectivity index (χ0) is 26.2. The van der Waals surface area contributed by atoms with Crippen LogP contribution in [0.4, 0.5) is 0 Å². The van der Waals surface area contributed by atoms with E-state index in [9.17, 15) is 4.79 Å². The molecule has 194 valence electrons. The van der Waals surface area contributed by atoms with Crippen LogP contribution in [0, 0.1) is 6.92 Å². The van der Waals surface area contributed by atoms with Crippen LogP contribution in [0.2, 0.25) is 0 Å². The number of hydrogen-bond donors (Lipinski definition) is 0. The number of hydrogen-bond acceptors (Lipinski definition) is 5. The van der Waals surface area contributed by atoms with E-state index in [1.54, 1.807) is 4.90 Å². The van der Waals surface area contributed by atoms with Crippen LogP contribution in [0.15, 0.2) is 59.6 Å². The fourth-order valence-corrected chi connectivity index (χ4v) is 5.76. The van der Waals surface area contributed by atoms with Crippen molar-refractivity contribution in [2.45, 2.75) is 59.3 Å². The second kappa shape index (κ2) is 13.1. The lowest BCUT2D eigenvalue weighted by Gasteiger charge is -2.14. The number of aromatic nitrogens is 2. The van der Waals surface area contributed by atoms with Gasteiger partial charge in [-0.25, -0.2) is 4.68 Å². The summed E-state index contributed by atoms with van der Waals surface area (Å²) < 4.78 is 8.19. The number of nitrogens with zero attached hydrogens (tertiary/aromatic N) is 3. The number of carbonyl (C=O) groups excluding carboxylic acids is 1. The van der Waals surface area contributed by atoms with Gasteiger partial charge in [0.1, 0.15) is 15.8 Å². The molecule has 0 atom stereocenters. The molecule has 7 heteroatoms. The molecule has 37 heavy (non-hydrogen) atoms. The molecule has 0 spiro atoms. The number of carbonyl (C=O) groups is 1. The molecule has 2 aromatic carbocycles. The molecule has 1 aromatic heterocycles. The molecule has 1 fully saturated rings. The van der Waals surface area contributed by atoms with Crippen LogP contribution in [0.1, 0.15) is 63.5 Å². The smallest absolute Gasteiger partial charge is 0.266 e. The fourth-order valence-electron chi connectivity index (χ4n) is 4.46. The molecule has 4 rings (SSSR count). The topological polar surface area (TPSA) is 47.4 Å². The minimum Gasteiger partial charge on any atom is -0.494 e. The van der Waals surface area contributed by atoms with Crippen molar-refractivity contribution in [2.24, 2.45) is 0 Å². The van der Waals surface area contributed by atoms with Gasteiger partial charge in [0.25, 0.3) is 5.91 Å². The Kier molecular flexibility index (Phi) is 9.58. The molecular formula is C30H35N3O2S2. The molecule has 0 unspecified atom stereocenters. The lowest BCUT2D eigenvalue weighted by atomic mass is 10.0. The number of para-hydroxylation sites is 1. The third-order valence-corrected chi connectivity index (χ3v) is 7.80. The first-order valence-corrected chi connectivity index (χ1v) is 14.4. The molecular weight excluding hydrogens is 498 g/mol. The monoisotopic (exact) mass is 533 g/mol. The number of amides is 1. The highest BCUT2D eigenvalue weighted by Gasteiger charge is 2.32. The fraction of sp³-hybridized carbons (Fsp3) is 0.367. The zero-order valence-electron chi connectivity index (χ0n) is 21.9. The van der Waals surface area contributed by atoms with Crippen molar-refractivity contribution in [2.75, 3.05) is 13.2 Å². The lowest BCUT2D eigenvalue weighted by molar-refractivity contribution is -0.122. The van der Waals surface area contributed by atoms with E-state index in [4.69, 9.17) is 22.1 Å². The van der Waals surface area contributed by atoms with Gasteiger partial charge >= 0.3 is 0 Å². The summed E-state index contributed by atoms with van der Waals surface area (Å²) in [4.78, 5) is 15.7. The van der Waals surface area contributed by atoms with Crippen LogP contribution >= 0.6 is 24.0 Å². The van der Waals surface area contributed by atoms with Gasteiger partial charge in [-0.15, -0.1) is 0 Å². The predicted molar refractivity (Wildman–Crippen MR) is 158 cm³/mol. The third kappa shape index (κ3) is 6.70. The van der Waals surface area contributed by atoms with E-state index in [0.29, 0.717) is 22.4 Å². The molecule has 0 saturated carbocycles. The largest absolute Gasteiger partial charge is 0.494 e. The van der Waals surface area contributed by atoms with Crippen LogP contribution in [-0.4, -0.2) is 38.1 Å². The average Bonchev–Trinajstić information content (AvgIpc) is 3.43. The van der Waals surface area contributed by atoms with Gasteiger partial charge in [-0.3, -0.25) is 9.69 Å². The van der Waals surface area contributed by atoms with E-state index in [2.05, 4.69) is 13.8 Å². The van der Waals surface area contributed by atoms with Crippen molar-refractivity contribution in [3.8, 4) is 22.7 Å². The maximum absolute atomic E-state index is 13.3. The SMILES string of the molecule is CCCCCCCCN1C(=O)C(=Cc2cn(-c3ccccc3)nc2-c2ccc(OCC)cc2C)SC1=S. The van der Waals surface area contributed by atoms with Gasteiger partial charge in [0.2, 0.25) is 0 Å². The highest BCUT2D eigenvalue weighted by Crippen LogP contribution is 2.36. The highest BCUT2D eigenvalue weighted by molar-refractivity contribution is 8.26. The average molecular weight is 534 g/mol. The molecule has 0 bridgehead atoms. The van der Waals surface area contributed by atoms with Gasteiger partial charge in [0.15, 0.2) is 0 Å². The first kappa shape index (κ1) is 27.1. The van der Waals surface area contributed by atoms with E-state index < -0.39 is 0 Å². The van der Waals surface area contributed by atoms with E-state index in [0.717, 1.165) is 46.7 Å². The Balaban J connectivity index is 1.62. The Morgan fingerprint density at radius 2 is 1.78 bits per heavy atom. The summed E-state index contributed by atoms with van der Waals surface area (Å²) in [6, 6.07) is 16.1. The van der Waals surface area contributed by atoms with Crippen molar-refractivity contribution >= 4 is 40.3 Å². The van der Waals surface area contributed by atoms with Gasteiger partial charge in [-0.05, 0) is 62.2 Å². The number of aryl methyl sites for hydroxylation is 1. The third-order valence-electron chi connectivity index (χ3n) is 6.42. The number of unbranched alkanes of at least 4 members (excludes halogenated alkanes) is 5. The van der Waals surface area contributed by atoms with Crippen LogP contribution < -0.4 is 4.74 Å². The van der Waals surface area contributed by atoms with Gasteiger partial charge in [0.05, 0.1) is 17.2 Å². The first-order valence-electron chi connectivity index (χ1n) is 13.2. The van der Waals surface area contributed by atoms with Crippen LogP contribution in [0.25, 0.3) is 23.0 Å². The summed E-state index contributed by atoms with van der Waals surface area (Å²) in [5, 5.41) is 4.94. The summed E-state index contributed by atoms with van der Waals surface area (Å²) in [7, 11) is 0. The zero-order valence-corrected chi connectivity index (χ0v) is 23.5. The Labute approximate surface area is 229 Å². The minimum atomic E-state index is -0.00890. The highest BCUT2D eigenvalue weighted by atomic mass is 32.2. The van der Waals surface area contributed by atoms with Gasteiger partial charge < -0.3 is 4.74 Å². The standard InChI is InChI=1S/C30H35N3O2S2/c1-4-6-7-8-9-13-18-32-29(34)27(37-30(32)36)20-23-21-33(24-14-11-10-12-15-24)31-28(23)26-17-16-25(35-5-2)19-22(26)3/h10-12,14-17,19-21H,4-9,13,18H2,1-3H3.